The van der Waals surface area contributed by atoms with E-state index in [1.165, 1.54) is 12.0 Å². The Bertz CT molecular complexity index is 438. The van der Waals surface area contributed by atoms with Gasteiger partial charge in [-0.05, 0) is 49.8 Å². The SMILES string of the molecule is O=C(C1CC1)N1CCCCC1c1ccc(Br)cc1. The van der Waals surface area contributed by atoms with Crippen molar-refractivity contribution in [3.05, 3.63) is 34.3 Å². The highest BCUT2D eigenvalue weighted by atomic mass is 79.9. The number of nitrogens with zero attached hydrogens (tertiary/aromatic N) is 1. The zero-order valence-corrected chi connectivity index (χ0v) is 12.0. The third-order valence-corrected chi connectivity index (χ3v) is 4.50. The van der Waals surface area contributed by atoms with Crippen molar-refractivity contribution in [2.75, 3.05) is 6.54 Å². The summed E-state index contributed by atoms with van der Waals surface area (Å²) >= 11 is 3.47. The van der Waals surface area contributed by atoms with Crippen molar-refractivity contribution in [2.45, 2.75) is 38.1 Å². The molecule has 1 heterocycles. The third kappa shape index (κ3) is 2.46. The van der Waals surface area contributed by atoms with Crippen LogP contribution in [0.3, 0.4) is 0 Å². The second-order valence-corrected chi connectivity index (χ2v) is 6.28. The molecule has 2 nitrogen and oxygen atoms in total. The molecule has 1 aromatic carbocycles. The lowest BCUT2D eigenvalue weighted by molar-refractivity contribution is -0.136. The molecule has 1 saturated heterocycles. The van der Waals surface area contributed by atoms with Gasteiger partial charge in [0.15, 0.2) is 0 Å². The van der Waals surface area contributed by atoms with Crippen molar-refractivity contribution in [2.24, 2.45) is 5.92 Å². The lowest BCUT2D eigenvalue weighted by Gasteiger charge is -2.36. The maximum absolute atomic E-state index is 12.3. The van der Waals surface area contributed by atoms with Crippen LogP contribution in [0.2, 0.25) is 0 Å². The highest BCUT2D eigenvalue weighted by molar-refractivity contribution is 9.10. The fraction of sp³-hybridized carbons (Fsp3) is 0.533. The number of halogens is 1. The number of likely N-dealkylation sites (tertiary alicyclic amines) is 1. The molecule has 1 atom stereocenters. The Labute approximate surface area is 116 Å². The molecular weight excluding hydrogens is 290 g/mol. The number of piperidine rings is 1. The smallest absolute Gasteiger partial charge is 0.226 e. The first kappa shape index (κ1) is 12.2. The van der Waals surface area contributed by atoms with Gasteiger partial charge in [-0.25, -0.2) is 0 Å². The summed E-state index contributed by atoms with van der Waals surface area (Å²) < 4.78 is 1.10. The van der Waals surface area contributed by atoms with Crippen LogP contribution in [0.1, 0.15) is 43.7 Å². The molecule has 96 valence electrons. The summed E-state index contributed by atoms with van der Waals surface area (Å²) in [5.74, 6) is 0.726. The summed E-state index contributed by atoms with van der Waals surface area (Å²) in [7, 11) is 0. The summed E-state index contributed by atoms with van der Waals surface area (Å²) in [6.45, 7) is 0.941. The second-order valence-electron chi connectivity index (χ2n) is 5.37. The van der Waals surface area contributed by atoms with E-state index >= 15 is 0 Å². The Morgan fingerprint density at radius 3 is 2.50 bits per heavy atom. The molecule has 1 saturated carbocycles. The summed E-state index contributed by atoms with van der Waals surface area (Å²) in [6.07, 6.45) is 5.70. The predicted molar refractivity (Wildman–Crippen MR) is 75.2 cm³/mol. The molecule has 0 N–H and O–H groups in total. The van der Waals surface area contributed by atoms with E-state index in [9.17, 15) is 4.79 Å². The molecule has 0 bridgehead atoms. The van der Waals surface area contributed by atoms with Gasteiger partial charge in [0.25, 0.3) is 0 Å². The van der Waals surface area contributed by atoms with Crippen LogP contribution < -0.4 is 0 Å². The third-order valence-electron chi connectivity index (χ3n) is 3.97. The van der Waals surface area contributed by atoms with Crippen LogP contribution in [0.4, 0.5) is 0 Å². The molecule has 1 aliphatic carbocycles. The summed E-state index contributed by atoms with van der Waals surface area (Å²) in [4.78, 5) is 14.5. The number of hydrogen-bond acceptors (Lipinski definition) is 1. The van der Waals surface area contributed by atoms with Gasteiger partial charge < -0.3 is 4.90 Å². The molecule has 1 unspecified atom stereocenters. The zero-order chi connectivity index (χ0) is 12.5. The Hall–Kier alpha value is -0.830. The van der Waals surface area contributed by atoms with E-state index < -0.39 is 0 Å². The minimum absolute atomic E-state index is 0.306. The van der Waals surface area contributed by atoms with Crippen LogP contribution in [-0.2, 0) is 4.79 Å². The summed E-state index contributed by atoms with van der Waals surface area (Å²) in [6, 6.07) is 8.74. The van der Waals surface area contributed by atoms with Gasteiger partial charge >= 0.3 is 0 Å². The second kappa shape index (κ2) is 5.04. The minimum Gasteiger partial charge on any atom is -0.335 e. The highest BCUT2D eigenvalue weighted by Crippen LogP contribution is 2.38. The van der Waals surface area contributed by atoms with Gasteiger partial charge in [0.1, 0.15) is 0 Å². The van der Waals surface area contributed by atoms with Crippen molar-refractivity contribution in [1.82, 2.24) is 4.90 Å². The minimum atomic E-state index is 0.306. The van der Waals surface area contributed by atoms with Crippen LogP contribution in [0.5, 0.6) is 0 Å². The van der Waals surface area contributed by atoms with Crippen molar-refractivity contribution < 1.29 is 4.79 Å². The number of rotatable bonds is 2. The zero-order valence-electron chi connectivity index (χ0n) is 10.4. The van der Waals surface area contributed by atoms with Crippen molar-refractivity contribution in [3.8, 4) is 0 Å². The fourth-order valence-electron chi connectivity index (χ4n) is 2.79. The number of hydrogen-bond donors (Lipinski definition) is 0. The van der Waals surface area contributed by atoms with Gasteiger partial charge in [-0.1, -0.05) is 28.1 Å². The molecule has 3 rings (SSSR count). The maximum Gasteiger partial charge on any atom is 0.226 e. The molecular formula is C15H18BrNO. The molecule has 1 aromatic rings. The van der Waals surface area contributed by atoms with E-state index in [4.69, 9.17) is 0 Å². The van der Waals surface area contributed by atoms with Crippen molar-refractivity contribution in [1.29, 1.82) is 0 Å². The Morgan fingerprint density at radius 1 is 1.11 bits per heavy atom. The molecule has 1 amide bonds. The van der Waals surface area contributed by atoms with Gasteiger partial charge in [0.2, 0.25) is 5.91 Å². The summed E-state index contributed by atoms with van der Waals surface area (Å²) in [5, 5.41) is 0. The van der Waals surface area contributed by atoms with E-state index in [2.05, 4.69) is 45.1 Å². The van der Waals surface area contributed by atoms with E-state index in [0.29, 0.717) is 17.9 Å². The normalized spacial score (nSPS) is 24.1. The molecule has 2 aliphatic rings. The number of carbonyl (C=O) groups is 1. The van der Waals surface area contributed by atoms with Gasteiger partial charge in [0, 0.05) is 16.9 Å². The maximum atomic E-state index is 12.3. The first-order valence-corrected chi connectivity index (χ1v) is 7.61. The Morgan fingerprint density at radius 2 is 1.83 bits per heavy atom. The average Bonchev–Trinajstić information content (AvgIpc) is 3.23. The Kier molecular flexibility index (Phi) is 3.42. The molecule has 0 radical (unpaired) electrons. The Balaban J connectivity index is 1.82. The molecule has 0 spiro atoms. The van der Waals surface area contributed by atoms with Gasteiger partial charge in [-0.3, -0.25) is 4.79 Å². The molecule has 18 heavy (non-hydrogen) atoms. The van der Waals surface area contributed by atoms with Gasteiger partial charge in [-0.2, -0.15) is 0 Å². The molecule has 1 aliphatic heterocycles. The van der Waals surface area contributed by atoms with Crippen LogP contribution in [-0.4, -0.2) is 17.4 Å². The molecule has 0 aromatic heterocycles. The van der Waals surface area contributed by atoms with Crippen molar-refractivity contribution >= 4 is 21.8 Å². The molecule has 2 fully saturated rings. The van der Waals surface area contributed by atoms with Crippen LogP contribution in [0.25, 0.3) is 0 Å². The van der Waals surface area contributed by atoms with E-state index in [0.717, 1.165) is 36.7 Å². The summed E-state index contributed by atoms with van der Waals surface area (Å²) in [5.41, 5.74) is 1.28. The van der Waals surface area contributed by atoms with Gasteiger partial charge in [-0.15, -0.1) is 0 Å². The number of benzene rings is 1. The van der Waals surface area contributed by atoms with Crippen molar-refractivity contribution in [3.63, 3.8) is 0 Å². The van der Waals surface area contributed by atoms with Crippen LogP contribution >= 0.6 is 15.9 Å². The molecule has 3 heteroatoms. The highest BCUT2D eigenvalue weighted by Gasteiger charge is 2.37. The van der Waals surface area contributed by atoms with E-state index in [1.54, 1.807) is 0 Å². The lowest BCUT2D eigenvalue weighted by atomic mass is 9.95. The van der Waals surface area contributed by atoms with Gasteiger partial charge in [0.05, 0.1) is 6.04 Å². The monoisotopic (exact) mass is 307 g/mol. The first-order chi connectivity index (χ1) is 8.75. The topological polar surface area (TPSA) is 20.3 Å². The standard InChI is InChI=1S/C15H18BrNO/c16-13-8-6-11(7-9-13)14-3-1-2-10-17(14)15(18)12-4-5-12/h6-9,12,14H,1-5,10H2. The average molecular weight is 308 g/mol. The predicted octanol–water partition coefficient (Wildman–Crippen LogP) is 3.91. The van der Waals surface area contributed by atoms with E-state index in [1.807, 2.05) is 0 Å². The first-order valence-electron chi connectivity index (χ1n) is 6.81. The van der Waals surface area contributed by atoms with E-state index in [-0.39, 0.29) is 0 Å². The number of carbonyl (C=O) groups excluding carboxylic acids is 1. The largest absolute Gasteiger partial charge is 0.335 e. The quantitative estimate of drug-likeness (QED) is 0.811. The van der Waals surface area contributed by atoms with Crippen LogP contribution in [0.15, 0.2) is 28.7 Å². The lowest BCUT2D eigenvalue weighted by Crippen LogP contribution is -2.39. The fourth-order valence-corrected chi connectivity index (χ4v) is 3.06. The number of amides is 1. The van der Waals surface area contributed by atoms with Crippen LogP contribution in [0, 0.1) is 5.92 Å².